The third-order valence-corrected chi connectivity index (χ3v) is 4.77. The van der Waals surface area contributed by atoms with E-state index in [1.807, 2.05) is 31.2 Å². The molecule has 9 heteroatoms. The first-order valence-electron chi connectivity index (χ1n) is 8.77. The molecule has 0 bridgehead atoms. The number of nitrogens with one attached hydrogen (secondary N) is 2. The van der Waals surface area contributed by atoms with Gasteiger partial charge in [-0.25, -0.2) is 14.6 Å². The fourth-order valence-corrected chi connectivity index (χ4v) is 3.26. The van der Waals surface area contributed by atoms with Gasteiger partial charge in [0.15, 0.2) is 17.4 Å². The second-order valence-corrected chi connectivity index (χ2v) is 6.92. The van der Waals surface area contributed by atoms with Gasteiger partial charge >= 0.3 is 12.0 Å². The number of unbranched alkanes of at least 4 members (excludes halogenated alkanes) is 1. The van der Waals surface area contributed by atoms with E-state index in [0.29, 0.717) is 17.3 Å². The van der Waals surface area contributed by atoms with Gasteiger partial charge in [-0.05, 0) is 30.7 Å². The summed E-state index contributed by atoms with van der Waals surface area (Å²) in [5.74, 6) is -1.13. The number of benzene rings is 1. The number of aromatic nitrogens is 1. The summed E-state index contributed by atoms with van der Waals surface area (Å²) in [6, 6.07) is 10.1. The summed E-state index contributed by atoms with van der Waals surface area (Å²) in [7, 11) is 0. The third kappa shape index (κ3) is 4.95. The Hall–Kier alpha value is -3.20. The maximum absolute atomic E-state index is 12.0. The second-order valence-electron chi connectivity index (χ2n) is 5.88. The van der Waals surface area contributed by atoms with Gasteiger partial charge in [0.1, 0.15) is 0 Å². The van der Waals surface area contributed by atoms with Crippen LogP contribution in [0.3, 0.4) is 0 Å². The van der Waals surface area contributed by atoms with E-state index < -0.39 is 24.5 Å². The van der Waals surface area contributed by atoms with Gasteiger partial charge in [0.05, 0.1) is 10.2 Å². The number of fused-ring (bicyclic) bond motifs is 1. The molecule has 3 amide bonds. The van der Waals surface area contributed by atoms with E-state index in [4.69, 9.17) is 9.15 Å². The maximum atomic E-state index is 12.0. The minimum atomic E-state index is -0.797. The molecular formula is C19H19N3O5S. The van der Waals surface area contributed by atoms with Gasteiger partial charge in [-0.2, -0.15) is 0 Å². The van der Waals surface area contributed by atoms with Crippen molar-refractivity contribution in [1.82, 2.24) is 15.6 Å². The van der Waals surface area contributed by atoms with Crippen LogP contribution >= 0.6 is 11.3 Å². The van der Waals surface area contributed by atoms with Crippen molar-refractivity contribution in [3.63, 3.8) is 0 Å². The predicted octanol–water partition coefficient (Wildman–Crippen LogP) is 3.34. The van der Waals surface area contributed by atoms with Gasteiger partial charge < -0.3 is 14.5 Å². The van der Waals surface area contributed by atoms with Crippen molar-refractivity contribution in [3.05, 3.63) is 42.2 Å². The number of ether oxygens (including phenoxy) is 1. The van der Waals surface area contributed by atoms with E-state index in [1.165, 1.54) is 17.4 Å². The summed E-state index contributed by atoms with van der Waals surface area (Å²) in [5.41, 5.74) is 0.844. The smallest absolute Gasteiger partial charge is 0.374 e. The van der Waals surface area contributed by atoms with Crippen LogP contribution < -0.4 is 10.6 Å². The molecule has 2 N–H and O–H groups in total. The zero-order valence-corrected chi connectivity index (χ0v) is 16.0. The average molecular weight is 401 g/mol. The molecule has 0 unspecified atom stereocenters. The summed E-state index contributed by atoms with van der Waals surface area (Å²) >= 11 is 1.44. The number of amides is 3. The van der Waals surface area contributed by atoms with Crippen LogP contribution in [0.5, 0.6) is 0 Å². The Kier molecular flexibility index (Phi) is 6.38. The number of carbonyl (C=O) groups excluding carboxylic acids is 3. The Morgan fingerprint density at radius 3 is 2.79 bits per heavy atom. The van der Waals surface area contributed by atoms with Crippen LogP contribution in [0.15, 0.2) is 40.8 Å². The van der Waals surface area contributed by atoms with Gasteiger partial charge in [-0.15, -0.1) is 11.3 Å². The van der Waals surface area contributed by atoms with E-state index in [9.17, 15) is 14.4 Å². The molecule has 0 fully saturated rings. The maximum Gasteiger partial charge on any atom is 0.374 e. The molecule has 1 aromatic carbocycles. The summed E-state index contributed by atoms with van der Waals surface area (Å²) in [6.07, 6.45) is 1.74. The molecular weight excluding hydrogens is 382 g/mol. The van der Waals surface area contributed by atoms with Crippen LogP contribution in [-0.2, 0) is 9.53 Å². The molecule has 2 aromatic heterocycles. The highest BCUT2D eigenvalue weighted by molar-refractivity contribution is 7.21. The van der Waals surface area contributed by atoms with E-state index >= 15 is 0 Å². The number of hydrogen-bond donors (Lipinski definition) is 2. The number of thiazole rings is 1. The highest BCUT2D eigenvalue weighted by Gasteiger charge is 2.18. The van der Waals surface area contributed by atoms with Crippen LogP contribution in [-0.4, -0.2) is 36.0 Å². The molecule has 0 aliphatic carbocycles. The highest BCUT2D eigenvalue weighted by atomic mass is 32.1. The molecule has 146 valence electrons. The molecule has 0 aliphatic rings. The lowest BCUT2D eigenvalue weighted by atomic mass is 10.3. The predicted molar refractivity (Wildman–Crippen MR) is 104 cm³/mol. The Morgan fingerprint density at radius 1 is 1.18 bits per heavy atom. The van der Waals surface area contributed by atoms with Crippen LogP contribution in [0.2, 0.25) is 0 Å². The zero-order valence-electron chi connectivity index (χ0n) is 15.2. The Bertz CT molecular complexity index is 961. The standard InChI is InChI=1S/C19H19N3O5S/c1-2-3-10-20-19(25)22-16(23)11-26-18(24)14-9-8-13(27-14)17-21-12-6-4-5-7-15(12)28-17/h4-9H,2-3,10-11H2,1H3,(H2,20,22,23,25). The number of nitrogens with zero attached hydrogens (tertiary/aromatic N) is 1. The number of para-hydroxylation sites is 1. The molecule has 2 heterocycles. The summed E-state index contributed by atoms with van der Waals surface area (Å²) in [4.78, 5) is 39.6. The van der Waals surface area contributed by atoms with Crippen molar-refractivity contribution < 1.29 is 23.5 Å². The molecule has 0 spiro atoms. The Morgan fingerprint density at radius 2 is 2.00 bits per heavy atom. The van der Waals surface area contributed by atoms with Crippen molar-refractivity contribution in [1.29, 1.82) is 0 Å². The lowest BCUT2D eigenvalue weighted by Gasteiger charge is -2.06. The van der Waals surface area contributed by atoms with Crippen molar-refractivity contribution >= 4 is 39.5 Å². The van der Waals surface area contributed by atoms with Gasteiger partial charge in [0.2, 0.25) is 5.76 Å². The van der Waals surface area contributed by atoms with Crippen LogP contribution in [0.4, 0.5) is 4.79 Å². The fourth-order valence-electron chi connectivity index (χ4n) is 2.33. The fraction of sp³-hybridized carbons (Fsp3) is 0.263. The van der Waals surface area contributed by atoms with E-state index in [2.05, 4.69) is 15.6 Å². The second kappa shape index (κ2) is 9.14. The molecule has 0 atom stereocenters. The molecule has 0 saturated carbocycles. The van der Waals surface area contributed by atoms with Gasteiger partial charge in [-0.3, -0.25) is 10.1 Å². The van der Waals surface area contributed by atoms with Crippen molar-refractivity contribution in [3.8, 4) is 10.8 Å². The molecule has 3 aromatic rings. The SMILES string of the molecule is CCCCNC(=O)NC(=O)COC(=O)c1ccc(-c2nc3ccccc3s2)o1. The number of carbonyl (C=O) groups is 3. The van der Waals surface area contributed by atoms with E-state index in [0.717, 1.165) is 23.1 Å². The zero-order chi connectivity index (χ0) is 19.9. The van der Waals surface area contributed by atoms with Crippen LogP contribution in [0, 0.1) is 0 Å². The number of imide groups is 1. The minimum absolute atomic E-state index is 0.0468. The number of rotatable bonds is 7. The number of hydrogen-bond acceptors (Lipinski definition) is 7. The first kappa shape index (κ1) is 19.6. The summed E-state index contributed by atoms with van der Waals surface area (Å²) in [6.45, 7) is 1.87. The van der Waals surface area contributed by atoms with Crippen molar-refractivity contribution in [2.24, 2.45) is 0 Å². The van der Waals surface area contributed by atoms with Gasteiger partial charge in [0.25, 0.3) is 5.91 Å². The average Bonchev–Trinajstić information content (AvgIpc) is 3.33. The summed E-state index contributed by atoms with van der Waals surface area (Å²) < 4.78 is 11.4. The highest BCUT2D eigenvalue weighted by Crippen LogP contribution is 2.31. The molecule has 0 aliphatic heterocycles. The molecule has 0 radical (unpaired) electrons. The normalized spacial score (nSPS) is 10.6. The first-order valence-corrected chi connectivity index (χ1v) is 9.59. The van der Waals surface area contributed by atoms with Gasteiger partial charge in [-0.1, -0.05) is 25.5 Å². The minimum Gasteiger partial charge on any atom is -0.450 e. The lowest BCUT2D eigenvalue weighted by molar-refractivity contribution is -0.123. The molecule has 28 heavy (non-hydrogen) atoms. The Labute approximate surface area is 164 Å². The molecule has 8 nitrogen and oxygen atoms in total. The van der Waals surface area contributed by atoms with E-state index in [1.54, 1.807) is 6.07 Å². The monoisotopic (exact) mass is 401 g/mol. The first-order chi connectivity index (χ1) is 13.6. The van der Waals surface area contributed by atoms with Crippen molar-refractivity contribution in [2.75, 3.05) is 13.2 Å². The number of urea groups is 1. The molecule has 3 rings (SSSR count). The van der Waals surface area contributed by atoms with Gasteiger partial charge in [0, 0.05) is 6.54 Å². The van der Waals surface area contributed by atoms with Crippen LogP contribution in [0.25, 0.3) is 21.0 Å². The quantitative estimate of drug-likeness (QED) is 0.464. The van der Waals surface area contributed by atoms with Crippen LogP contribution in [0.1, 0.15) is 30.3 Å². The molecule has 0 saturated heterocycles. The Balaban J connectivity index is 1.53. The van der Waals surface area contributed by atoms with Crippen molar-refractivity contribution in [2.45, 2.75) is 19.8 Å². The summed E-state index contributed by atoms with van der Waals surface area (Å²) in [5, 5.41) is 5.26. The third-order valence-electron chi connectivity index (χ3n) is 3.72. The largest absolute Gasteiger partial charge is 0.450 e. The number of esters is 1. The lowest BCUT2D eigenvalue weighted by Crippen LogP contribution is -2.41. The van der Waals surface area contributed by atoms with E-state index in [-0.39, 0.29) is 5.76 Å². The topological polar surface area (TPSA) is 111 Å². The number of furan rings is 1.